The lowest BCUT2D eigenvalue weighted by Crippen LogP contribution is -2.17. The number of hydrogen-bond acceptors (Lipinski definition) is 6. The third-order valence-corrected chi connectivity index (χ3v) is 4.54. The monoisotopic (exact) mass is 322 g/mol. The molecule has 0 atom stereocenters. The van der Waals surface area contributed by atoms with E-state index in [4.69, 9.17) is 4.74 Å². The van der Waals surface area contributed by atoms with Crippen molar-refractivity contribution in [3.63, 3.8) is 0 Å². The number of nitrogens with zero attached hydrogens (tertiary/aromatic N) is 1. The second kappa shape index (κ2) is 6.31. The number of phenolic OH excluding ortho intramolecular Hbond substituents is 1. The van der Waals surface area contributed by atoms with Gasteiger partial charge in [0.15, 0.2) is 5.13 Å². The molecule has 0 saturated carbocycles. The number of thiazole rings is 1. The van der Waals surface area contributed by atoms with Crippen LogP contribution in [0.1, 0.15) is 30.0 Å². The van der Waals surface area contributed by atoms with E-state index in [-0.39, 0.29) is 18.8 Å². The van der Waals surface area contributed by atoms with Crippen molar-refractivity contribution in [1.29, 1.82) is 0 Å². The maximum absolute atomic E-state index is 11.8. The highest BCUT2D eigenvalue weighted by molar-refractivity contribution is 7.22. The second-order valence-electron chi connectivity index (χ2n) is 4.95. The number of anilines is 1. The molecular formula is C15H18N2O4S. The molecule has 1 aromatic heterocycles. The van der Waals surface area contributed by atoms with Crippen molar-refractivity contribution in [1.82, 2.24) is 4.98 Å². The number of rotatable bonds is 4. The number of carbonyl (C=O) groups is 2. The SMILES string of the molecule is CCOC(=O)CC(=O)Nc1nc2c(C)c(C)c(O)c(C)c2s1. The first-order valence-electron chi connectivity index (χ1n) is 6.89. The number of aryl methyl sites for hydroxylation is 2. The molecule has 0 fully saturated rings. The Labute approximate surface area is 132 Å². The molecule has 0 unspecified atom stereocenters. The highest BCUT2D eigenvalue weighted by Crippen LogP contribution is 2.38. The number of aromatic hydroxyl groups is 1. The zero-order valence-electron chi connectivity index (χ0n) is 12.9. The highest BCUT2D eigenvalue weighted by Gasteiger charge is 2.17. The van der Waals surface area contributed by atoms with Crippen molar-refractivity contribution in [2.75, 3.05) is 11.9 Å². The maximum Gasteiger partial charge on any atom is 0.315 e. The van der Waals surface area contributed by atoms with Gasteiger partial charge in [-0.2, -0.15) is 0 Å². The molecule has 2 rings (SSSR count). The van der Waals surface area contributed by atoms with Gasteiger partial charge in [-0.3, -0.25) is 9.59 Å². The van der Waals surface area contributed by atoms with E-state index in [0.29, 0.717) is 5.13 Å². The molecule has 0 spiro atoms. The van der Waals surface area contributed by atoms with Gasteiger partial charge in [0.2, 0.25) is 5.91 Å². The molecule has 0 radical (unpaired) electrons. The molecule has 1 amide bonds. The van der Waals surface area contributed by atoms with Crippen molar-refractivity contribution in [3.8, 4) is 5.75 Å². The minimum Gasteiger partial charge on any atom is -0.507 e. The van der Waals surface area contributed by atoms with Gasteiger partial charge in [0.25, 0.3) is 0 Å². The summed E-state index contributed by atoms with van der Waals surface area (Å²) >= 11 is 1.27. The Morgan fingerprint density at radius 1 is 1.23 bits per heavy atom. The van der Waals surface area contributed by atoms with E-state index in [1.165, 1.54) is 11.3 Å². The Kier molecular flexibility index (Phi) is 4.65. The average molecular weight is 322 g/mol. The first-order valence-corrected chi connectivity index (χ1v) is 7.71. The van der Waals surface area contributed by atoms with Crippen LogP contribution in [0.3, 0.4) is 0 Å². The summed E-state index contributed by atoms with van der Waals surface area (Å²) in [5.41, 5.74) is 3.14. The van der Waals surface area contributed by atoms with Gasteiger partial charge in [0.1, 0.15) is 12.2 Å². The lowest BCUT2D eigenvalue weighted by molar-refractivity contribution is -0.145. The van der Waals surface area contributed by atoms with Crippen LogP contribution in [-0.2, 0) is 14.3 Å². The van der Waals surface area contributed by atoms with Gasteiger partial charge >= 0.3 is 5.97 Å². The lowest BCUT2D eigenvalue weighted by atomic mass is 10.0. The molecule has 6 nitrogen and oxygen atoms in total. The van der Waals surface area contributed by atoms with Gasteiger partial charge in [-0.15, -0.1) is 0 Å². The zero-order chi connectivity index (χ0) is 16.4. The number of phenols is 1. The lowest BCUT2D eigenvalue weighted by Gasteiger charge is -2.07. The van der Waals surface area contributed by atoms with Gasteiger partial charge in [-0.25, -0.2) is 4.98 Å². The van der Waals surface area contributed by atoms with Crippen molar-refractivity contribution in [3.05, 3.63) is 16.7 Å². The van der Waals surface area contributed by atoms with Gasteiger partial charge in [-0.1, -0.05) is 11.3 Å². The largest absolute Gasteiger partial charge is 0.507 e. The average Bonchev–Trinajstić information content (AvgIpc) is 2.86. The number of hydrogen-bond donors (Lipinski definition) is 2. The Balaban J connectivity index is 2.27. The number of fused-ring (bicyclic) bond motifs is 1. The molecule has 0 saturated heterocycles. The van der Waals surface area contributed by atoms with Crippen LogP contribution >= 0.6 is 11.3 Å². The van der Waals surface area contributed by atoms with Crippen molar-refractivity contribution in [2.45, 2.75) is 34.1 Å². The van der Waals surface area contributed by atoms with Crippen LogP contribution in [0.5, 0.6) is 5.75 Å². The van der Waals surface area contributed by atoms with Gasteiger partial charge in [0.05, 0.1) is 16.8 Å². The normalized spacial score (nSPS) is 10.7. The summed E-state index contributed by atoms with van der Waals surface area (Å²) in [6.45, 7) is 7.44. The number of nitrogens with one attached hydrogen (secondary N) is 1. The summed E-state index contributed by atoms with van der Waals surface area (Å²) in [6.07, 6.45) is -0.341. The molecule has 1 heterocycles. The predicted octanol–water partition coefficient (Wildman–Crippen LogP) is 2.82. The number of esters is 1. The van der Waals surface area contributed by atoms with Crippen molar-refractivity contribution >= 4 is 38.6 Å². The molecule has 2 N–H and O–H groups in total. The Morgan fingerprint density at radius 3 is 2.55 bits per heavy atom. The van der Waals surface area contributed by atoms with Gasteiger partial charge < -0.3 is 15.2 Å². The Bertz CT molecular complexity index is 707. The minimum absolute atomic E-state index is 0.240. The van der Waals surface area contributed by atoms with E-state index in [1.54, 1.807) is 6.92 Å². The topological polar surface area (TPSA) is 88.5 Å². The Hall–Kier alpha value is -2.15. The molecule has 1 aromatic carbocycles. The highest BCUT2D eigenvalue weighted by atomic mass is 32.1. The number of aromatic nitrogens is 1. The molecular weight excluding hydrogens is 304 g/mol. The van der Waals surface area contributed by atoms with E-state index < -0.39 is 11.9 Å². The molecule has 7 heteroatoms. The van der Waals surface area contributed by atoms with Crippen LogP contribution in [0.25, 0.3) is 10.2 Å². The number of ether oxygens (including phenoxy) is 1. The smallest absolute Gasteiger partial charge is 0.315 e. The summed E-state index contributed by atoms with van der Waals surface area (Å²) in [6, 6.07) is 0. The minimum atomic E-state index is -0.568. The van der Waals surface area contributed by atoms with E-state index in [9.17, 15) is 14.7 Å². The molecule has 0 bridgehead atoms. The van der Waals surface area contributed by atoms with Crippen LogP contribution in [0.4, 0.5) is 5.13 Å². The van der Waals surface area contributed by atoms with E-state index in [2.05, 4.69) is 10.3 Å². The number of benzene rings is 1. The van der Waals surface area contributed by atoms with Crippen molar-refractivity contribution < 1.29 is 19.4 Å². The fourth-order valence-corrected chi connectivity index (χ4v) is 3.17. The van der Waals surface area contributed by atoms with Crippen molar-refractivity contribution in [2.24, 2.45) is 0 Å². The van der Waals surface area contributed by atoms with Crippen LogP contribution < -0.4 is 5.32 Å². The molecule has 118 valence electrons. The van der Waals surface area contributed by atoms with Crippen LogP contribution in [-0.4, -0.2) is 28.6 Å². The fraction of sp³-hybridized carbons (Fsp3) is 0.400. The van der Waals surface area contributed by atoms with E-state index in [0.717, 1.165) is 26.9 Å². The summed E-state index contributed by atoms with van der Waals surface area (Å²) in [4.78, 5) is 27.5. The molecule has 0 aliphatic carbocycles. The third kappa shape index (κ3) is 3.04. The summed E-state index contributed by atoms with van der Waals surface area (Å²) in [5, 5.41) is 13.1. The molecule has 2 aromatic rings. The molecule has 0 aliphatic heterocycles. The first-order chi connectivity index (χ1) is 10.3. The maximum atomic E-state index is 11.8. The van der Waals surface area contributed by atoms with Crippen LogP contribution in [0.15, 0.2) is 0 Å². The van der Waals surface area contributed by atoms with E-state index >= 15 is 0 Å². The molecule has 0 aliphatic rings. The van der Waals surface area contributed by atoms with Crippen LogP contribution in [0, 0.1) is 20.8 Å². The van der Waals surface area contributed by atoms with Crippen LogP contribution in [0.2, 0.25) is 0 Å². The first kappa shape index (κ1) is 16.2. The fourth-order valence-electron chi connectivity index (χ4n) is 2.13. The summed E-state index contributed by atoms with van der Waals surface area (Å²) in [5.74, 6) is -0.784. The van der Waals surface area contributed by atoms with Gasteiger partial charge in [-0.05, 0) is 38.8 Å². The number of carbonyl (C=O) groups excluding carboxylic acids is 2. The third-order valence-electron chi connectivity index (χ3n) is 3.45. The van der Waals surface area contributed by atoms with E-state index in [1.807, 2.05) is 20.8 Å². The zero-order valence-corrected chi connectivity index (χ0v) is 13.8. The summed E-state index contributed by atoms with van der Waals surface area (Å²) < 4.78 is 5.55. The summed E-state index contributed by atoms with van der Waals surface area (Å²) in [7, 11) is 0. The Morgan fingerprint density at radius 2 is 1.91 bits per heavy atom. The number of amides is 1. The van der Waals surface area contributed by atoms with Gasteiger partial charge in [0, 0.05) is 5.56 Å². The second-order valence-corrected chi connectivity index (χ2v) is 5.95. The quantitative estimate of drug-likeness (QED) is 0.667. The predicted molar refractivity (Wildman–Crippen MR) is 85.4 cm³/mol. The molecule has 22 heavy (non-hydrogen) atoms. The standard InChI is InChI=1S/C15H18N2O4S/c1-5-21-11(19)6-10(18)16-15-17-12-7(2)8(3)13(20)9(4)14(12)22-15/h20H,5-6H2,1-4H3,(H,16,17,18).